The summed E-state index contributed by atoms with van der Waals surface area (Å²) in [6.45, 7) is 6.02. The van der Waals surface area contributed by atoms with Gasteiger partial charge in [-0.15, -0.1) is 5.10 Å². The molecule has 1 amide bonds. The van der Waals surface area contributed by atoms with Gasteiger partial charge in [-0.2, -0.15) is 0 Å². The number of thioether (sulfide) groups is 1. The van der Waals surface area contributed by atoms with E-state index < -0.39 is 0 Å². The van der Waals surface area contributed by atoms with Crippen LogP contribution in [0.15, 0.2) is 35.5 Å². The molecule has 2 atom stereocenters. The Labute approximate surface area is 157 Å². The fourth-order valence-electron chi connectivity index (χ4n) is 2.87. The number of nitrogens with one attached hydrogen (secondary N) is 1. The van der Waals surface area contributed by atoms with E-state index in [0.29, 0.717) is 18.2 Å². The highest BCUT2D eigenvalue weighted by atomic mass is 32.2. The number of tetrazole rings is 1. The van der Waals surface area contributed by atoms with Crippen molar-refractivity contribution in [3.8, 4) is 0 Å². The summed E-state index contributed by atoms with van der Waals surface area (Å²) in [5, 5.41) is 15.4. The third-order valence-electron chi connectivity index (χ3n) is 4.31. The van der Waals surface area contributed by atoms with Crippen LogP contribution in [-0.2, 0) is 22.6 Å². The molecule has 1 aromatic carbocycles. The van der Waals surface area contributed by atoms with E-state index in [4.69, 9.17) is 4.74 Å². The summed E-state index contributed by atoms with van der Waals surface area (Å²) in [6, 6.07) is 9.90. The zero-order chi connectivity index (χ0) is 18.4. The maximum atomic E-state index is 12.7. The fourth-order valence-corrected chi connectivity index (χ4v) is 3.87. The lowest BCUT2D eigenvalue weighted by Crippen LogP contribution is -2.35. The van der Waals surface area contributed by atoms with E-state index in [1.807, 2.05) is 44.2 Å². The first-order valence-corrected chi connectivity index (χ1v) is 9.87. The maximum absolute atomic E-state index is 12.7. The van der Waals surface area contributed by atoms with Gasteiger partial charge in [-0.3, -0.25) is 4.79 Å². The minimum Gasteiger partial charge on any atom is -0.376 e. The lowest BCUT2D eigenvalue weighted by atomic mass is 10.1. The number of hydrogen-bond acceptors (Lipinski definition) is 6. The Morgan fingerprint density at radius 1 is 1.38 bits per heavy atom. The highest BCUT2D eigenvalue weighted by Crippen LogP contribution is 2.27. The van der Waals surface area contributed by atoms with Crippen LogP contribution in [0.4, 0.5) is 0 Å². The smallest absolute Gasteiger partial charge is 0.234 e. The Balaban J connectivity index is 1.61. The summed E-state index contributed by atoms with van der Waals surface area (Å²) in [5.74, 6) is 0.157. The van der Waals surface area contributed by atoms with Crippen molar-refractivity contribution in [2.45, 2.75) is 56.3 Å². The van der Waals surface area contributed by atoms with Crippen LogP contribution in [-0.4, -0.2) is 44.1 Å². The molecule has 7 nitrogen and oxygen atoms in total. The van der Waals surface area contributed by atoms with Crippen LogP contribution in [0.5, 0.6) is 0 Å². The lowest BCUT2D eigenvalue weighted by Gasteiger charge is -2.19. The maximum Gasteiger partial charge on any atom is 0.234 e. The summed E-state index contributed by atoms with van der Waals surface area (Å²) in [4.78, 5) is 12.7. The van der Waals surface area contributed by atoms with Crippen LogP contribution in [0.3, 0.4) is 0 Å². The fraction of sp³-hybridized carbons (Fsp3) is 0.556. The van der Waals surface area contributed by atoms with Crippen molar-refractivity contribution in [1.29, 1.82) is 0 Å². The predicted molar refractivity (Wildman–Crippen MR) is 99.6 cm³/mol. The highest BCUT2D eigenvalue weighted by molar-refractivity contribution is 8.00. The lowest BCUT2D eigenvalue weighted by molar-refractivity contribution is -0.121. The SMILES string of the molecule is CC(C)[C@@H](Sc1nnnn1C[C@@H]1CCCO1)C(=O)NCc1ccccc1. The van der Waals surface area contributed by atoms with Crippen molar-refractivity contribution < 1.29 is 9.53 Å². The van der Waals surface area contributed by atoms with E-state index in [-0.39, 0.29) is 23.2 Å². The van der Waals surface area contributed by atoms with Gasteiger partial charge in [0.2, 0.25) is 11.1 Å². The Bertz CT molecular complexity index is 701. The number of carbonyl (C=O) groups excluding carboxylic acids is 1. The Morgan fingerprint density at radius 2 is 2.19 bits per heavy atom. The number of rotatable bonds is 8. The zero-order valence-corrected chi connectivity index (χ0v) is 16.0. The van der Waals surface area contributed by atoms with E-state index in [1.54, 1.807) is 4.68 Å². The number of aromatic nitrogens is 4. The summed E-state index contributed by atoms with van der Waals surface area (Å²) in [7, 11) is 0. The molecule has 1 aromatic heterocycles. The highest BCUT2D eigenvalue weighted by Gasteiger charge is 2.27. The first-order valence-electron chi connectivity index (χ1n) is 8.99. The summed E-state index contributed by atoms with van der Waals surface area (Å²) in [6.07, 6.45) is 2.25. The quantitative estimate of drug-likeness (QED) is 0.713. The van der Waals surface area contributed by atoms with Gasteiger partial charge >= 0.3 is 0 Å². The molecular formula is C18H25N5O2S. The molecule has 2 heterocycles. The Hall–Kier alpha value is -1.93. The van der Waals surface area contributed by atoms with Crippen molar-refractivity contribution in [3.05, 3.63) is 35.9 Å². The molecular weight excluding hydrogens is 350 g/mol. The normalized spacial score (nSPS) is 18.2. The summed E-state index contributed by atoms with van der Waals surface area (Å²) < 4.78 is 7.41. The molecule has 8 heteroatoms. The number of benzene rings is 1. The van der Waals surface area contributed by atoms with Crippen LogP contribution < -0.4 is 5.32 Å². The molecule has 26 heavy (non-hydrogen) atoms. The van der Waals surface area contributed by atoms with E-state index >= 15 is 0 Å². The van der Waals surface area contributed by atoms with Gasteiger partial charge in [-0.25, -0.2) is 4.68 Å². The average Bonchev–Trinajstić information content (AvgIpc) is 3.31. The van der Waals surface area contributed by atoms with Crippen molar-refractivity contribution in [2.75, 3.05) is 6.61 Å². The van der Waals surface area contributed by atoms with Gasteiger partial charge in [0, 0.05) is 13.2 Å². The van der Waals surface area contributed by atoms with Crippen LogP contribution in [0.25, 0.3) is 0 Å². The van der Waals surface area contributed by atoms with Crippen molar-refractivity contribution in [3.63, 3.8) is 0 Å². The first-order chi connectivity index (χ1) is 12.6. The predicted octanol–water partition coefficient (Wildman–Crippen LogP) is 2.29. The van der Waals surface area contributed by atoms with Crippen molar-refractivity contribution in [1.82, 2.24) is 25.5 Å². The molecule has 140 valence electrons. The number of hydrogen-bond donors (Lipinski definition) is 1. The minimum absolute atomic E-state index is 0.000481. The molecule has 0 aliphatic carbocycles. The standard InChI is InChI=1S/C18H25N5O2S/c1-13(2)16(17(24)19-11-14-7-4-3-5-8-14)26-18-20-21-22-23(18)12-15-9-6-10-25-15/h3-5,7-8,13,15-16H,6,9-12H2,1-2H3,(H,19,24)/t15-,16+/m0/s1. The van der Waals surface area contributed by atoms with E-state index in [0.717, 1.165) is 25.0 Å². The van der Waals surface area contributed by atoms with Gasteiger partial charge in [0.05, 0.1) is 17.9 Å². The molecule has 0 radical (unpaired) electrons. The second-order valence-corrected chi connectivity index (χ2v) is 7.87. The van der Waals surface area contributed by atoms with Gasteiger partial charge in [0.15, 0.2) is 0 Å². The zero-order valence-electron chi connectivity index (χ0n) is 15.2. The van der Waals surface area contributed by atoms with Crippen LogP contribution >= 0.6 is 11.8 Å². The molecule has 2 aromatic rings. The van der Waals surface area contributed by atoms with Crippen LogP contribution in [0.2, 0.25) is 0 Å². The second-order valence-electron chi connectivity index (χ2n) is 6.76. The molecule has 1 aliphatic rings. The van der Waals surface area contributed by atoms with Gasteiger partial charge in [0.25, 0.3) is 0 Å². The number of carbonyl (C=O) groups is 1. The monoisotopic (exact) mass is 375 g/mol. The summed E-state index contributed by atoms with van der Waals surface area (Å²) >= 11 is 1.42. The minimum atomic E-state index is -0.257. The van der Waals surface area contributed by atoms with Gasteiger partial charge in [-0.05, 0) is 34.7 Å². The largest absolute Gasteiger partial charge is 0.376 e. The number of ether oxygens (including phenoxy) is 1. The molecule has 1 fully saturated rings. The molecule has 0 spiro atoms. The molecule has 1 N–H and O–H groups in total. The number of amides is 1. The molecule has 0 bridgehead atoms. The van der Waals surface area contributed by atoms with Crippen LogP contribution in [0, 0.1) is 5.92 Å². The van der Waals surface area contributed by atoms with Gasteiger partial charge < -0.3 is 10.1 Å². The van der Waals surface area contributed by atoms with Crippen LogP contribution in [0.1, 0.15) is 32.3 Å². The molecule has 1 aliphatic heterocycles. The first kappa shape index (κ1) is 18.8. The van der Waals surface area contributed by atoms with Gasteiger partial charge in [0.1, 0.15) is 0 Å². The topological polar surface area (TPSA) is 81.9 Å². The third-order valence-corrected chi connectivity index (χ3v) is 5.82. The Kier molecular flexibility index (Phi) is 6.62. The molecule has 0 unspecified atom stereocenters. The van der Waals surface area contributed by atoms with E-state index in [1.165, 1.54) is 11.8 Å². The average molecular weight is 375 g/mol. The molecule has 3 rings (SSSR count). The van der Waals surface area contributed by atoms with E-state index in [2.05, 4.69) is 20.8 Å². The number of nitrogens with zero attached hydrogens (tertiary/aromatic N) is 4. The second kappa shape index (κ2) is 9.14. The molecule has 1 saturated heterocycles. The third kappa shape index (κ3) is 5.04. The Morgan fingerprint density at radius 3 is 2.88 bits per heavy atom. The van der Waals surface area contributed by atoms with Crippen molar-refractivity contribution in [2.24, 2.45) is 5.92 Å². The van der Waals surface area contributed by atoms with E-state index in [9.17, 15) is 4.79 Å². The van der Waals surface area contributed by atoms with Gasteiger partial charge in [-0.1, -0.05) is 55.9 Å². The van der Waals surface area contributed by atoms with Crippen molar-refractivity contribution >= 4 is 17.7 Å². The summed E-state index contributed by atoms with van der Waals surface area (Å²) in [5.41, 5.74) is 1.08. The molecule has 0 saturated carbocycles.